The Morgan fingerprint density at radius 1 is 1.62 bits per heavy atom. The Morgan fingerprint density at radius 3 is 2.92 bits per heavy atom. The van der Waals surface area contributed by atoms with E-state index in [1.165, 1.54) is 0 Å². The van der Waals surface area contributed by atoms with Gasteiger partial charge in [0.15, 0.2) is 0 Å². The van der Waals surface area contributed by atoms with Crippen molar-refractivity contribution in [3.05, 3.63) is 12.2 Å². The molecule has 0 saturated heterocycles. The van der Waals surface area contributed by atoms with Crippen LogP contribution in [0.5, 0.6) is 0 Å². The Bertz CT molecular complexity index is 170. The van der Waals surface area contributed by atoms with E-state index in [1.807, 2.05) is 0 Å². The average molecular weight is 185 g/mol. The second-order valence-electron chi connectivity index (χ2n) is 3.69. The highest BCUT2D eigenvalue weighted by Gasteiger charge is 2.18. The van der Waals surface area contributed by atoms with Crippen molar-refractivity contribution in [3.63, 3.8) is 0 Å². The largest absolute Gasteiger partial charge is 0.396 e. The predicted octanol–water partition coefficient (Wildman–Crippen LogP) is 0.548. The summed E-state index contributed by atoms with van der Waals surface area (Å²) in [7, 11) is 1.71. The van der Waals surface area contributed by atoms with Gasteiger partial charge in [0.05, 0.1) is 6.61 Å². The van der Waals surface area contributed by atoms with Crippen LogP contribution in [0.4, 0.5) is 0 Å². The lowest BCUT2D eigenvalue weighted by molar-refractivity contribution is 0.167. The van der Waals surface area contributed by atoms with Crippen LogP contribution in [0.2, 0.25) is 0 Å². The Balaban J connectivity index is 2.20. The number of nitrogens with one attached hydrogen (secondary N) is 1. The first-order valence-electron chi connectivity index (χ1n) is 4.80. The van der Waals surface area contributed by atoms with E-state index >= 15 is 0 Å². The zero-order valence-electron chi connectivity index (χ0n) is 8.36. The van der Waals surface area contributed by atoms with Gasteiger partial charge < -0.3 is 15.2 Å². The minimum absolute atomic E-state index is 0.257. The van der Waals surface area contributed by atoms with Crippen LogP contribution in [0.1, 0.15) is 13.3 Å². The minimum atomic E-state index is 0.257. The molecule has 0 radical (unpaired) electrons. The van der Waals surface area contributed by atoms with E-state index in [1.54, 1.807) is 7.11 Å². The molecule has 76 valence electrons. The maximum Gasteiger partial charge on any atom is 0.0613 e. The molecule has 1 rings (SSSR count). The minimum Gasteiger partial charge on any atom is -0.396 e. The van der Waals surface area contributed by atoms with E-state index < -0.39 is 0 Å². The normalized spacial score (nSPS) is 29.5. The molecule has 1 aliphatic carbocycles. The van der Waals surface area contributed by atoms with E-state index in [2.05, 4.69) is 24.4 Å². The topological polar surface area (TPSA) is 41.5 Å². The van der Waals surface area contributed by atoms with Crippen molar-refractivity contribution < 1.29 is 9.84 Å². The van der Waals surface area contributed by atoms with Gasteiger partial charge in [0.1, 0.15) is 0 Å². The van der Waals surface area contributed by atoms with Gasteiger partial charge >= 0.3 is 0 Å². The van der Waals surface area contributed by atoms with Crippen molar-refractivity contribution in [1.82, 2.24) is 5.32 Å². The summed E-state index contributed by atoms with van der Waals surface area (Å²) in [4.78, 5) is 0. The number of rotatable bonds is 5. The van der Waals surface area contributed by atoms with Gasteiger partial charge in [0, 0.05) is 31.7 Å². The van der Waals surface area contributed by atoms with E-state index in [4.69, 9.17) is 9.84 Å². The molecular formula is C10H19NO2. The predicted molar refractivity (Wildman–Crippen MR) is 52.6 cm³/mol. The summed E-state index contributed by atoms with van der Waals surface area (Å²) in [5, 5.41) is 12.3. The molecule has 0 saturated carbocycles. The molecule has 0 amide bonds. The molecule has 3 nitrogen and oxygen atoms in total. The fraction of sp³-hybridized carbons (Fsp3) is 0.800. The highest BCUT2D eigenvalue weighted by molar-refractivity contribution is 5.06. The van der Waals surface area contributed by atoms with Gasteiger partial charge in [-0.05, 0) is 13.3 Å². The Morgan fingerprint density at radius 2 is 2.38 bits per heavy atom. The van der Waals surface area contributed by atoms with Gasteiger partial charge in [0.2, 0.25) is 0 Å². The average Bonchev–Trinajstić information content (AvgIpc) is 2.52. The van der Waals surface area contributed by atoms with Crippen LogP contribution in [0.15, 0.2) is 12.2 Å². The Labute approximate surface area is 79.8 Å². The standard InChI is InChI=1S/C10H19NO2/c1-8(7-13-2)11-10-4-3-9(5-10)6-12/h3-4,8-12H,5-7H2,1-2H3/t8?,9-,10+/m0/s1. The van der Waals surface area contributed by atoms with Crippen LogP contribution in [-0.2, 0) is 4.74 Å². The first kappa shape index (κ1) is 10.7. The number of aliphatic hydroxyl groups is 1. The SMILES string of the molecule is COCC(C)N[C@@H]1C=C[C@H](CO)C1. The van der Waals surface area contributed by atoms with Gasteiger partial charge in [-0.2, -0.15) is 0 Å². The maximum absolute atomic E-state index is 8.92. The number of hydrogen-bond acceptors (Lipinski definition) is 3. The van der Waals surface area contributed by atoms with Gasteiger partial charge in [-0.15, -0.1) is 0 Å². The summed E-state index contributed by atoms with van der Waals surface area (Å²) in [6.07, 6.45) is 5.22. The molecule has 3 heteroatoms. The van der Waals surface area contributed by atoms with Crippen LogP contribution >= 0.6 is 0 Å². The fourth-order valence-electron chi connectivity index (χ4n) is 1.70. The number of hydrogen-bond donors (Lipinski definition) is 2. The van der Waals surface area contributed by atoms with Crippen molar-refractivity contribution in [3.8, 4) is 0 Å². The van der Waals surface area contributed by atoms with Crippen LogP contribution in [0, 0.1) is 5.92 Å². The molecule has 0 aromatic heterocycles. The molecule has 0 heterocycles. The monoisotopic (exact) mass is 185 g/mol. The van der Waals surface area contributed by atoms with Gasteiger partial charge in [-0.1, -0.05) is 12.2 Å². The zero-order valence-corrected chi connectivity index (χ0v) is 8.36. The quantitative estimate of drug-likeness (QED) is 0.615. The molecule has 0 fully saturated rings. The third kappa shape index (κ3) is 3.46. The smallest absolute Gasteiger partial charge is 0.0613 e. The third-order valence-electron chi connectivity index (χ3n) is 2.32. The van der Waals surface area contributed by atoms with Crippen molar-refractivity contribution in [2.24, 2.45) is 5.92 Å². The lowest BCUT2D eigenvalue weighted by Crippen LogP contribution is -2.37. The molecule has 13 heavy (non-hydrogen) atoms. The number of aliphatic hydroxyl groups excluding tert-OH is 1. The van der Waals surface area contributed by atoms with Gasteiger partial charge in [-0.3, -0.25) is 0 Å². The first-order valence-corrected chi connectivity index (χ1v) is 4.80. The molecule has 0 spiro atoms. The molecule has 0 aromatic carbocycles. The van der Waals surface area contributed by atoms with Crippen LogP contribution in [-0.4, -0.2) is 37.5 Å². The van der Waals surface area contributed by atoms with E-state index in [0.29, 0.717) is 18.0 Å². The summed E-state index contributed by atoms with van der Waals surface area (Å²) in [5.41, 5.74) is 0. The summed E-state index contributed by atoms with van der Waals surface area (Å²) in [5.74, 6) is 0.340. The Hall–Kier alpha value is -0.380. The van der Waals surface area contributed by atoms with E-state index in [0.717, 1.165) is 13.0 Å². The van der Waals surface area contributed by atoms with Crippen LogP contribution < -0.4 is 5.32 Å². The van der Waals surface area contributed by atoms with E-state index in [9.17, 15) is 0 Å². The highest BCUT2D eigenvalue weighted by Crippen LogP contribution is 2.17. The number of methoxy groups -OCH3 is 1. The molecule has 1 unspecified atom stereocenters. The number of ether oxygens (including phenoxy) is 1. The van der Waals surface area contributed by atoms with Crippen molar-refractivity contribution in [2.75, 3.05) is 20.3 Å². The van der Waals surface area contributed by atoms with Crippen molar-refractivity contribution in [2.45, 2.75) is 25.4 Å². The molecule has 0 aliphatic heterocycles. The highest BCUT2D eigenvalue weighted by atomic mass is 16.5. The van der Waals surface area contributed by atoms with Gasteiger partial charge in [0.25, 0.3) is 0 Å². The second kappa shape index (κ2) is 5.37. The third-order valence-corrected chi connectivity index (χ3v) is 2.32. The summed E-state index contributed by atoms with van der Waals surface area (Å²) in [6, 6.07) is 0.777. The lowest BCUT2D eigenvalue weighted by atomic mass is 10.1. The maximum atomic E-state index is 8.92. The molecule has 0 aromatic rings. The summed E-state index contributed by atoms with van der Waals surface area (Å²) >= 11 is 0. The Kier molecular flexibility index (Phi) is 4.42. The molecular weight excluding hydrogens is 166 g/mol. The van der Waals surface area contributed by atoms with Crippen LogP contribution in [0.3, 0.4) is 0 Å². The molecule has 1 aliphatic rings. The second-order valence-corrected chi connectivity index (χ2v) is 3.69. The molecule has 3 atom stereocenters. The molecule has 2 N–H and O–H groups in total. The van der Waals surface area contributed by atoms with Gasteiger partial charge in [-0.25, -0.2) is 0 Å². The van der Waals surface area contributed by atoms with Crippen LogP contribution in [0.25, 0.3) is 0 Å². The lowest BCUT2D eigenvalue weighted by Gasteiger charge is -2.18. The first-order chi connectivity index (χ1) is 6.26. The summed E-state index contributed by atoms with van der Waals surface area (Å²) < 4.78 is 5.03. The zero-order chi connectivity index (χ0) is 9.68. The molecule has 0 bridgehead atoms. The van der Waals surface area contributed by atoms with E-state index in [-0.39, 0.29) is 6.61 Å². The van der Waals surface area contributed by atoms with Crippen molar-refractivity contribution in [1.29, 1.82) is 0 Å². The fourth-order valence-corrected chi connectivity index (χ4v) is 1.70. The van der Waals surface area contributed by atoms with Crippen molar-refractivity contribution >= 4 is 0 Å². The summed E-state index contributed by atoms with van der Waals surface area (Å²) in [6.45, 7) is 3.09.